The van der Waals surface area contributed by atoms with Crippen LogP contribution in [0.5, 0.6) is 0 Å². The number of aromatic nitrogens is 5. The maximum Gasteiger partial charge on any atom is 0.255 e. The zero-order valence-corrected chi connectivity index (χ0v) is 21.0. The van der Waals surface area contributed by atoms with E-state index in [-0.39, 0.29) is 18.2 Å². The minimum atomic E-state index is -1.65. The number of halogens is 1. The predicted molar refractivity (Wildman–Crippen MR) is 139 cm³/mol. The molecule has 4 N–H and O–H groups in total. The number of carbonyl (C=O) groups is 1. The summed E-state index contributed by atoms with van der Waals surface area (Å²) < 4.78 is 17.8. The highest BCUT2D eigenvalue weighted by Gasteiger charge is 2.27. The average Bonchev–Trinajstić information content (AvgIpc) is 3.67. The summed E-state index contributed by atoms with van der Waals surface area (Å²) in [6, 6.07) is 9.43. The SMILES string of the molecule is CC(C)(O)C(F)CNC(=O)c1cnc(-c2ccc3cc(C#N)cnn23)cc1Nc1cnn([C@@H]2CCNC2)c1. The molecule has 1 aliphatic rings. The van der Waals surface area contributed by atoms with Gasteiger partial charge in [-0.15, -0.1) is 0 Å². The molecule has 0 aliphatic carbocycles. The van der Waals surface area contributed by atoms with Gasteiger partial charge in [-0.3, -0.25) is 14.5 Å². The number of anilines is 2. The zero-order chi connectivity index (χ0) is 26.9. The van der Waals surface area contributed by atoms with Crippen LogP contribution in [0.2, 0.25) is 0 Å². The number of nitriles is 1. The Bertz CT molecular complexity index is 1510. The highest BCUT2D eigenvalue weighted by atomic mass is 19.1. The molecule has 38 heavy (non-hydrogen) atoms. The van der Waals surface area contributed by atoms with Gasteiger partial charge in [-0.2, -0.15) is 15.5 Å². The first-order chi connectivity index (χ1) is 18.2. The second kappa shape index (κ2) is 10.2. The molecule has 0 bridgehead atoms. The first-order valence-electron chi connectivity index (χ1n) is 12.3. The van der Waals surface area contributed by atoms with Crippen LogP contribution in [-0.2, 0) is 0 Å². The molecule has 1 amide bonds. The zero-order valence-electron chi connectivity index (χ0n) is 21.0. The van der Waals surface area contributed by atoms with Crippen LogP contribution >= 0.6 is 0 Å². The van der Waals surface area contributed by atoms with Crippen LogP contribution in [0.4, 0.5) is 15.8 Å². The Morgan fingerprint density at radius 3 is 2.89 bits per heavy atom. The van der Waals surface area contributed by atoms with Crippen LogP contribution < -0.4 is 16.0 Å². The Balaban J connectivity index is 1.48. The molecular weight excluding hydrogens is 489 g/mol. The van der Waals surface area contributed by atoms with Crippen molar-refractivity contribution in [2.45, 2.75) is 38.1 Å². The van der Waals surface area contributed by atoms with Crippen LogP contribution in [0.1, 0.15) is 42.2 Å². The van der Waals surface area contributed by atoms with Crippen LogP contribution in [0.15, 0.2) is 49.1 Å². The molecule has 0 saturated carbocycles. The molecule has 5 heterocycles. The number of carbonyl (C=O) groups excluding carboxylic acids is 1. The summed E-state index contributed by atoms with van der Waals surface area (Å²) in [5.74, 6) is -0.539. The van der Waals surface area contributed by atoms with Crippen molar-refractivity contribution in [3.63, 3.8) is 0 Å². The summed E-state index contributed by atoms with van der Waals surface area (Å²) in [5, 5.41) is 37.0. The van der Waals surface area contributed by atoms with Gasteiger partial charge in [0, 0.05) is 18.9 Å². The van der Waals surface area contributed by atoms with Crippen molar-refractivity contribution >= 4 is 22.8 Å². The van der Waals surface area contributed by atoms with Gasteiger partial charge in [-0.1, -0.05) is 0 Å². The molecular formula is C26H28FN9O2. The summed E-state index contributed by atoms with van der Waals surface area (Å²) >= 11 is 0. The Hall–Kier alpha value is -4.34. The fraction of sp³-hybridized carbons (Fsp3) is 0.346. The smallest absolute Gasteiger partial charge is 0.255 e. The van der Waals surface area contributed by atoms with Gasteiger partial charge in [0.1, 0.15) is 12.2 Å². The average molecular weight is 518 g/mol. The molecule has 5 rings (SSSR count). The highest BCUT2D eigenvalue weighted by Crippen LogP contribution is 2.28. The van der Waals surface area contributed by atoms with Crippen molar-refractivity contribution in [1.29, 1.82) is 5.26 Å². The van der Waals surface area contributed by atoms with Crippen molar-refractivity contribution in [3.8, 4) is 17.5 Å². The molecule has 4 aromatic heterocycles. The largest absolute Gasteiger partial charge is 0.387 e. The number of hydrogen-bond acceptors (Lipinski definition) is 8. The van der Waals surface area contributed by atoms with Gasteiger partial charge < -0.3 is 21.1 Å². The fourth-order valence-corrected chi connectivity index (χ4v) is 4.28. The Morgan fingerprint density at radius 1 is 1.32 bits per heavy atom. The van der Waals surface area contributed by atoms with Crippen molar-refractivity contribution in [2.75, 3.05) is 25.0 Å². The minimum Gasteiger partial charge on any atom is -0.387 e. The topological polar surface area (TPSA) is 145 Å². The number of aliphatic hydroxyl groups is 1. The van der Waals surface area contributed by atoms with Gasteiger partial charge in [0.05, 0.1) is 70.0 Å². The van der Waals surface area contributed by atoms with E-state index in [0.717, 1.165) is 25.0 Å². The number of hydrogen-bond donors (Lipinski definition) is 4. The third kappa shape index (κ3) is 5.20. The maximum absolute atomic E-state index is 14.3. The lowest BCUT2D eigenvalue weighted by Gasteiger charge is -2.22. The monoisotopic (exact) mass is 517 g/mol. The van der Waals surface area contributed by atoms with Gasteiger partial charge in [0.25, 0.3) is 5.91 Å². The predicted octanol–water partition coefficient (Wildman–Crippen LogP) is 2.58. The lowest BCUT2D eigenvalue weighted by molar-refractivity contribution is -0.00177. The van der Waals surface area contributed by atoms with E-state index in [2.05, 4.69) is 37.2 Å². The van der Waals surface area contributed by atoms with E-state index in [4.69, 9.17) is 5.26 Å². The number of fused-ring (bicyclic) bond motifs is 1. The van der Waals surface area contributed by atoms with Crippen LogP contribution in [0, 0.1) is 11.3 Å². The lowest BCUT2D eigenvalue weighted by Crippen LogP contribution is -2.42. The van der Waals surface area contributed by atoms with Crippen molar-refractivity contribution in [3.05, 3.63) is 60.2 Å². The van der Waals surface area contributed by atoms with E-state index in [1.807, 2.05) is 23.0 Å². The van der Waals surface area contributed by atoms with Crippen LogP contribution in [0.3, 0.4) is 0 Å². The number of rotatable bonds is 8. The third-order valence-corrected chi connectivity index (χ3v) is 6.54. The summed E-state index contributed by atoms with van der Waals surface area (Å²) in [6.07, 6.45) is 5.77. The number of alkyl halides is 1. The molecule has 1 saturated heterocycles. The van der Waals surface area contributed by atoms with Gasteiger partial charge in [-0.05, 0) is 51.1 Å². The number of nitrogens with one attached hydrogen (secondary N) is 3. The quantitative estimate of drug-likeness (QED) is 0.279. The highest BCUT2D eigenvalue weighted by molar-refractivity contribution is 6.00. The normalized spacial score (nSPS) is 16.3. The van der Waals surface area contributed by atoms with E-state index in [0.29, 0.717) is 28.3 Å². The second-order valence-corrected chi connectivity index (χ2v) is 9.84. The first-order valence-corrected chi connectivity index (χ1v) is 12.3. The van der Waals surface area contributed by atoms with E-state index in [9.17, 15) is 14.3 Å². The van der Waals surface area contributed by atoms with E-state index < -0.39 is 17.7 Å². The summed E-state index contributed by atoms with van der Waals surface area (Å²) in [5.41, 5.74) is 2.10. The Morgan fingerprint density at radius 2 is 2.16 bits per heavy atom. The molecule has 2 atom stereocenters. The standard InChI is InChI=1S/C26H28FN9O2/c1-26(2,38)24(27)14-31-25(37)20-13-30-22(23-4-3-18-7-16(9-28)10-33-36(18)23)8-21(20)34-17-11-32-35(15-17)19-5-6-29-12-19/h3-4,7-8,10-11,13,15,19,24,29,38H,5-6,12,14H2,1-2H3,(H,30,34)(H,31,37)/t19-,24?/m1/s1. The molecule has 1 unspecified atom stereocenters. The van der Waals surface area contributed by atoms with Crippen molar-refractivity contribution in [2.24, 2.45) is 0 Å². The summed E-state index contributed by atoms with van der Waals surface area (Å²) in [6.45, 7) is 4.10. The number of nitrogens with zero attached hydrogens (tertiary/aromatic N) is 6. The number of amides is 1. The van der Waals surface area contributed by atoms with E-state index in [1.165, 1.54) is 26.2 Å². The van der Waals surface area contributed by atoms with Gasteiger partial charge in [0.2, 0.25) is 0 Å². The van der Waals surface area contributed by atoms with Crippen molar-refractivity contribution < 1.29 is 14.3 Å². The Labute approximate surface area is 218 Å². The molecule has 11 nitrogen and oxygen atoms in total. The lowest BCUT2D eigenvalue weighted by atomic mass is 10.0. The van der Waals surface area contributed by atoms with Crippen molar-refractivity contribution in [1.82, 2.24) is 35.0 Å². The first kappa shape index (κ1) is 25.3. The maximum atomic E-state index is 14.3. The molecule has 0 aromatic carbocycles. The van der Waals surface area contributed by atoms with Gasteiger partial charge in [0.15, 0.2) is 0 Å². The molecule has 1 fully saturated rings. The minimum absolute atomic E-state index is 0.201. The number of pyridine rings is 1. The molecule has 4 aromatic rings. The molecule has 1 aliphatic heterocycles. The second-order valence-electron chi connectivity index (χ2n) is 9.84. The van der Waals surface area contributed by atoms with Gasteiger partial charge >= 0.3 is 0 Å². The van der Waals surface area contributed by atoms with Crippen LogP contribution in [0.25, 0.3) is 16.9 Å². The fourth-order valence-electron chi connectivity index (χ4n) is 4.28. The van der Waals surface area contributed by atoms with E-state index in [1.54, 1.807) is 22.8 Å². The third-order valence-electron chi connectivity index (χ3n) is 6.54. The molecule has 0 radical (unpaired) electrons. The van der Waals surface area contributed by atoms with Crippen LogP contribution in [-0.4, -0.2) is 66.8 Å². The van der Waals surface area contributed by atoms with Gasteiger partial charge in [-0.25, -0.2) is 8.91 Å². The summed E-state index contributed by atoms with van der Waals surface area (Å²) in [4.78, 5) is 17.5. The molecule has 12 heteroatoms. The molecule has 0 spiro atoms. The summed E-state index contributed by atoms with van der Waals surface area (Å²) in [7, 11) is 0. The van der Waals surface area contributed by atoms with E-state index >= 15 is 0 Å². The Kier molecular flexibility index (Phi) is 6.79. The molecule has 196 valence electrons.